The van der Waals surface area contributed by atoms with Crippen molar-refractivity contribution in [1.82, 2.24) is 9.97 Å². The third-order valence-corrected chi connectivity index (χ3v) is 4.46. The molecule has 2 N–H and O–H groups in total. The van der Waals surface area contributed by atoms with E-state index in [4.69, 9.17) is 10.5 Å². The van der Waals surface area contributed by atoms with E-state index in [0.717, 1.165) is 12.1 Å². The maximum absolute atomic E-state index is 6.45. The molecule has 0 spiro atoms. The lowest BCUT2D eigenvalue weighted by Gasteiger charge is -2.42. The highest BCUT2D eigenvalue weighted by atomic mass is 16.5. The summed E-state index contributed by atoms with van der Waals surface area (Å²) >= 11 is 0. The van der Waals surface area contributed by atoms with E-state index in [2.05, 4.69) is 23.8 Å². The van der Waals surface area contributed by atoms with Gasteiger partial charge in [0.05, 0.1) is 7.11 Å². The Hall–Kier alpha value is -1.16. The van der Waals surface area contributed by atoms with Crippen LogP contribution < -0.4 is 10.5 Å². The van der Waals surface area contributed by atoms with E-state index in [1.54, 1.807) is 13.4 Å². The molecule has 1 aromatic heterocycles. The van der Waals surface area contributed by atoms with Crippen LogP contribution >= 0.6 is 0 Å². The first-order chi connectivity index (χ1) is 9.03. The zero-order valence-electron chi connectivity index (χ0n) is 12.2. The van der Waals surface area contributed by atoms with E-state index in [-0.39, 0.29) is 6.04 Å². The normalized spacial score (nSPS) is 23.9. The van der Waals surface area contributed by atoms with Gasteiger partial charge in [-0.1, -0.05) is 26.7 Å². The molecule has 0 bridgehead atoms. The molecular weight excluding hydrogens is 238 g/mol. The zero-order valence-corrected chi connectivity index (χ0v) is 12.2. The Bertz CT molecular complexity index is 420. The summed E-state index contributed by atoms with van der Waals surface area (Å²) in [6.45, 7) is 4.69. The Morgan fingerprint density at radius 2 is 2.21 bits per heavy atom. The summed E-state index contributed by atoms with van der Waals surface area (Å²) in [6.07, 6.45) is 7.49. The number of aromatic nitrogens is 2. The van der Waals surface area contributed by atoms with Crippen molar-refractivity contribution in [3.8, 4) is 5.88 Å². The van der Waals surface area contributed by atoms with E-state index >= 15 is 0 Å². The number of nitrogens with two attached hydrogens (primary N) is 1. The molecule has 0 saturated heterocycles. The Kier molecular flexibility index (Phi) is 4.40. The average molecular weight is 263 g/mol. The molecule has 1 fully saturated rings. The van der Waals surface area contributed by atoms with Crippen LogP contribution in [0.2, 0.25) is 0 Å². The summed E-state index contributed by atoms with van der Waals surface area (Å²) in [5.74, 6) is 1.18. The summed E-state index contributed by atoms with van der Waals surface area (Å²) in [5.41, 5.74) is 7.76. The Morgan fingerprint density at radius 1 is 1.42 bits per heavy atom. The summed E-state index contributed by atoms with van der Waals surface area (Å²) in [6, 6.07) is 2.05. The van der Waals surface area contributed by atoms with Crippen LogP contribution in [-0.2, 0) is 6.42 Å². The van der Waals surface area contributed by atoms with Crippen molar-refractivity contribution < 1.29 is 4.74 Å². The Balaban J connectivity index is 2.05. The lowest BCUT2D eigenvalue weighted by molar-refractivity contribution is 0.112. The van der Waals surface area contributed by atoms with Gasteiger partial charge in [-0.3, -0.25) is 0 Å². The molecule has 1 saturated carbocycles. The highest BCUT2D eigenvalue weighted by Gasteiger charge is 2.36. The van der Waals surface area contributed by atoms with Crippen LogP contribution in [0.15, 0.2) is 12.4 Å². The molecule has 1 aliphatic carbocycles. The fraction of sp³-hybridized carbons (Fsp3) is 0.733. The molecule has 106 valence electrons. The molecule has 4 nitrogen and oxygen atoms in total. The first-order valence-corrected chi connectivity index (χ1v) is 7.13. The van der Waals surface area contributed by atoms with Crippen LogP contribution in [0.4, 0.5) is 0 Å². The lowest BCUT2D eigenvalue weighted by atomic mass is 9.65. The largest absolute Gasteiger partial charge is 0.481 e. The monoisotopic (exact) mass is 263 g/mol. The van der Waals surface area contributed by atoms with Gasteiger partial charge in [0, 0.05) is 24.2 Å². The Labute approximate surface area is 115 Å². The molecule has 0 radical (unpaired) electrons. The first-order valence-electron chi connectivity index (χ1n) is 7.13. The standard InChI is InChI=1S/C15H25N3O/c1-15(2)7-5-4-6-12(15)13(16)8-11-9-14(19-3)18-10-17-11/h9-10,12-13H,4-8,16H2,1-3H3. The van der Waals surface area contributed by atoms with Crippen LogP contribution in [-0.4, -0.2) is 23.1 Å². The molecule has 19 heavy (non-hydrogen) atoms. The molecule has 1 aliphatic rings. The summed E-state index contributed by atoms with van der Waals surface area (Å²) in [7, 11) is 1.62. The predicted molar refractivity (Wildman–Crippen MR) is 76.0 cm³/mol. The molecule has 2 rings (SSSR count). The molecular formula is C15H25N3O. The van der Waals surface area contributed by atoms with E-state index in [9.17, 15) is 0 Å². The van der Waals surface area contributed by atoms with Crippen LogP contribution in [0, 0.1) is 11.3 Å². The van der Waals surface area contributed by atoms with Gasteiger partial charge < -0.3 is 10.5 Å². The van der Waals surface area contributed by atoms with Crippen molar-refractivity contribution >= 4 is 0 Å². The third-order valence-electron chi connectivity index (χ3n) is 4.46. The van der Waals surface area contributed by atoms with Crippen molar-refractivity contribution in [2.75, 3.05) is 7.11 Å². The van der Waals surface area contributed by atoms with Crippen LogP contribution in [0.3, 0.4) is 0 Å². The topological polar surface area (TPSA) is 61.0 Å². The number of nitrogens with zero attached hydrogens (tertiary/aromatic N) is 2. The molecule has 1 heterocycles. The van der Waals surface area contributed by atoms with Gasteiger partial charge in [-0.15, -0.1) is 0 Å². The van der Waals surface area contributed by atoms with Crippen LogP contribution in [0.25, 0.3) is 0 Å². The highest BCUT2D eigenvalue weighted by molar-refractivity contribution is 5.14. The number of hydrogen-bond acceptors (Lipinski definition) is 4. The first kappa shape index (κ1) is 14.3. The summed E-state index contributed by atoms with van der Waals surface area (Å²) < 4.78 is 5.13. The van der Waals surface area contributed by atoms with Crippen molar-refractivity contribution in [2.45, 2.75) is 52.0 Å². The predicted octanol–water partition coefficient (Wildman–Crippen LogP) is 2.57. The van der Waals surface area contributed by atoms with Crippen molar-refractivity contribution in [1.29, 1.82) is 0 Å². The van der Waals surface area contributed by atoms with Crippen molar-refractivity contribution in [2.24, 2.45) is 17.1 Å². The maximum Gasteiger partial charge on any atom is 0.216 e. The van der Waals surface area contributed by atoms with Crippen LogP contribution in [0.1, 0.15) is 45.2 Å². The van der Waals surface area contributed by atoms with Gasteiger partial charge in [0.25, 0.3) is 0 Å². The minimum Gasteiger partial charge on any atom is -0.481 e. The van der Waals surface area contributed by atoms with Crippen molar-refractivity contribution in [3.63, 3.8) is 0 Å². The molecule has 2 unspecified atom stereocenters. The van der Waals surface area contributed by atoms with E-state index in [1.165, 1.54) is 25.7 Å². The second kappa shape index (κ2) is 5.87. The van der Waals surface area contributed by atoms with Gasteiger partial charge in [-0.2, -0.15) is 0 Å². The number of rotatable bonds is 4. The van der Waals surface area contributed by atoms with Gasteiger partial charge >= 0.3 is 0 Å². The molecule has 1 aromatic rings. The number of methoxy groups -OCH3 is 1. The molecule has 0 aromatic carbocycles. The smallest absolute Gasteiger partial charge is 0.216 e. The minimum atomic E-state index is 0.162. The second-order valence-corrected chi connectivity index (χ2v) is 6.26. The highest BCUT2D eigenvalue weighted by Crippen LogP contribution is 2.42. The Morgan fingerprint density at radius 3 is 2.89 bits per heavy atom. The van der Waals surface area contributed by atoms with E-state index in [1.807, 2.05) is 6.07 Å². The van der Waals surface area contributed by atoms with Crippen molar-refractivity contribution in [3.05, 3.63) is 18.1 Å². The molecule has 2 atom stereocenters. The van der Waals surface area contributed by atoms with Crippen LogP contribution in [0.5, 0.6) is 5.88 Å². The quantitative estimate of drug-likeness (QED) is 0.907. The second-order valence-electron chi connectivity index (χ2n) is 6.26. The number of ether oxygens (including phenoxy) is 1. The molecule has 0 amide bonds. The van der Waals surface area contributed by atoms with E-state index in [0.29, 0.717) is 17.2 Å². The number of hydrogen-bond donors (Lipinski definition) is 1. The fourth-order valence-electron chi connectivity index (χ4n) is 3.30. The summed E-state index contributed by atoms with van der Waals surface area (Å²) in [4.78, 5) is 8.33. The minimum absolute atomic E-state index is 0.162. The average Bonchev–Trinajstić information content (AvgIpc) is 2.38. The van der Waals surface area contributed by atoms with Gasteiger partial charge in [0.2, 0.25) is 5.88 Å². The van der Waals surface area contributed by atoms with E-state index < -0.39 is 0 Å². The van der Waals surface area contributed by atoms with Gasteiger partial charge in [0.15, 0.2) is 0 Å². The molecule has 4 heteroatoms. The molecule has 0 aliphatic heterocycles. The maximum atomic E-state index is 6.45. The third kappa shape index (κ3) is 3.44. The fourth-order valence-corrected chi connectivity index (χ4v) is 3.30. The summed E-state index contributed by atoms with van der Waals surface area (Å²) in [5, 5.41) is 0. The zero-order chi connectivity index (χ0) is 13.9. The van der Waals surface area contributed by atoms with Gasteiger partial charge in [-0.25, -0.2) is 9.97 Å². The van der Waals surface area contributed by atoms with Gasteiger partial charge in [0.1, 0.15) is 6.33 Å². The van der Waals surface area contributed by atoms with Gasteiger partial charge in [-0.05, 0) is 24.2 Å². The lowest BCUT2D eigenvalue weighted by Crippen LogP contribution is -2.43. The SMILES string of the molecule is COc1cc(CC(N)C2CCCCC2(C)C)ncn1.